The minimum atomic E-state index is -0.871. The number of H-pyrrole nitrogens is 1. The SMILES string of the molecule is CC(C)(C)C(=O)P1CC[N+]([O-])(c2cc(Cc3n[nH]c(=O)c4ccccc34)ccc2F)CC1. The molecule has 1 aromatic heterocycles. The fraction of sp³-hybridized carbons (Fsp3) is 0.375. The predicted octanol–water partition coefficient (Wildman–Crippen LogP) is 4.53. The molecule has 0 spiro atoms. The van der Waals surface area contributed by atoms with Gasteiger partial charge in [0.15, 0.2) is 17.0 Å². The molecule has 0 atom stereocenters. The highest BCUT2D eigenvalue weighted by molar-refractivity contribution is 7.75. The van der Waals surface area contributed by atoms with E-state index in [2.05, 4.69) is 10.2 Å². The van der Waals surface area contributed by atoms with Crippen molar-refractivity contribution in [1.82, 2.24) is 14.8 Å². The molecule has 1 fully saturated rings. The lowest BCUT2D eigenvalue weighted by Crippen LogP contribution is -2.51. The van der Waals surface area contributed by atoms with Crippen LogP contribution in [0.5, 0.6) is 0 Å². The van der Waals surface area contributed by atoms with Crippen LogP contribution in [0.3, 0.4) is 0 Å². The van der Waals surface area contributed by atoms with Crippen LogP contribution >= 0.6 is 7.92 Å². The third-order valence-corrected chi connectivity index (χ3v) is 8.71. The first kappa shape index (κ1) is 22.7. The van der Waals surface area contributed by atoms with Crippen LogP contribution in [0.25, 0.3) is 10.8 Å². The van der Waals surface area contributed by atoms with E-state index >= 15 is 0 Å². The van der Waals surface area contributed by atoms with Crippen molar-refractivity contribution in [2.75, 3.05) is 25.4 Å². The van der Waals surface area contributed by atoms with Gasteiger partial charge in [-0.25, -0.2) is 9.49 Å². The summed E-state index contributed by atoms with van der Waals surface area (Å²) < 4.78 is 14.0. The summed E-state index contributed by atoms with van der Waals surface area (Å²) in [6.07, 6.45) is 1.40. The Balaban J connectivity index is 1.60. The number of fused-ring (bicyclic) bond motifs is 1. The van der Waals surface area contributed by atoms with Gasteiger partial charge in [-0.1, -0.05) is 45.0 Å². The molecule has 6 nitrogen and oxygen atoms in total. The second kappa shape index (κ2) is 8.47. The molecule has 4 rings (SSSR count). The number of hydrogen-bond acceptors (Lipinski definition) is 4. The van der Waals surface area contributed by atoms with Crippen LogP contribution in [-0.4, -0.2) is 41.1 Å². The van der Waals surface area contributed by atoms with E-state index in [0.29, 0.717) is 29.8 Å². The monoisotopic (exact) mass is 455 g/mol. The van der Waals surface area contributed by atoms with E-state index in [4.69, 9.17) is 0 Å². The van der Waals surface area contributed by atoms with Gasteiger partial charge >= 0.3 is 0 Å². The fourth-order valence-electron chi connectivity index (χ4n) is 4.19. The van der Waals surface area contributed by atoms with E-state index < -0.39 is 23.8 Å². The third kappa shape index (κ3) is 4.38. The van der Waals surface area contributed by atoms with Gasteiger partial charge in [-0.3, -0.25) is 9.59 Å². The lowest BCUT2D eigenvalue weighted by Gasteiger charge is -2.47. The smallest absolute Gasteiger partial charge is 0.272 e. The summed E-state index contributed by atoms with van der Waals surface area (Å²) in [5, 5.41) is 21.5. The number of rotatable bonds is 4. The second-order valence-corrected chi connectivity index (χ2v) is 11.8. The van der Waals surface area contributed by atoms with Crippen LogP contribution in [0, 0.1) is 16.4 Å². The number of halogens is 1. The minimum absolute atomic E-state index is 0.106. The Labute approximate surface area is 187 Å². The van der Waals surface area contributed by atoms with Crippen molar-refractivity contribution in [2.45, 2.75) is 27.2 Å². The fourth-order valence-corrected chi connectivity index (χ4v) is 6.89. The van der Waals surface area contributed by atoms with Crippen molar-refractivity contribution in [2.24, 2.45) is 5.41 Å². The Morgan fingerprint density at radius 3 is 2.47 bits per heavy atom. The number of quaternary nitrogens is 1. The van der Waals surface area contributed by atoms with Crippen LogP contribution in [0.1, 0.15) is 32.0 Å². The Morgan fingerprint density at radius 2 is 1.81 bits per heavy atom. The van der Waals surface area contributed by atoms with E-state index in [1.807, 2.05) is 32.9 Å². The van der Waals surface area contributed by atoms with Crippen molar-refractivity contribution in [1.29, 1.82) is 0 Å². The highest BCUT2D eigenvalue weighted by Gasteiger charge is 2.37. The van der Waals surface area contributed by atoms with Crippen molar-refractivity contribution < 1.29 is 9.18 Å². The largest absolute Gasteiger partial charge is 0.627 e. The number of aromatic nitrogens is 2. The summed E-state index contributed by atoms with van der Waals surface area (Å²) >= 11 is 0. The van der Waals surface area contributed by atoms with Gasteiger partial charge in [0.05, 0.1) is 24.2 Å². The zero-order valence-electron chi connectivity index (χ0n) is 18.5. The summed E-state index contributed by atoms with van der Waals surface area (Å²) in [7, 11) is -0.871. The Morgan fingerprint density at radius 1 is 1.16 bits per heavy atom. The maximum atomic E-state index is 14.7. The Hall–Kier alpha value is -2.47. The third-order valence-electron chi connectivity index (χ3n) is 5.99. The van der Waals surface area contributed by atoms with Crippen LogP contribution in [0.4, 0.5) is 10.1 Å². The molecule has 1 N–H and O–H groups in total. The first-order valence-electron chi connectivity index (χ1n) is 10.7. The predicted molar refractivity (Wildman–Crippen MR) is 128 cm³/mol. The molecule has 32 heavy (non-hydrogen) atoms. The highest BCUT2D eigenvalue weighted by atomic mass is 31.1. The Bertz CT molecular complexity index is 1230. The molecular formula is C24H27FN3O3P. The van der Waals surface area contributed by atoms with Crippen LogP contribution in [0.15, 0.2) is 47.3 Å². The number of carbonyl (C=O) groups is 1. The zero-order chi connectivity index (χ0) is 23.1. The molecule has 8 heteroatoms. The number of nitrogens with one attached hydrogen (secondary N) is 1. The average molecular weight is 455 g/mol. The normalized spacial score (nSPS) is 21.6. The van der Waals surface area contributed by atoms with Crippen molar-refractivity contribution in [3.63, 3.8) is 0 Å². The average Bonchev–Trinajstić information content (AvgIpc) is 2.76. The number of carbonyl (C=O) groups excluding carboxylic acids is 1. The lowest BCUT2D eigenvalue weighted by molar-refractivity contribution is -0.118. The van der Waals surface area contributed by atoms with Crippen molar-refractivity contribution >= 4 is 29.9 Å². The molecule has 1 aliphatic rings. The summed E-state index contributed by atoms with van der Waals surface area (Å²) in [6.45, 7) is 6.12. The molecule has 0 radical (unpaired) electrons. The molecule has 1 aliphatic heterocycles. The summed E-state index contributed by atoms with van der Waals surface area (Å²) in [4.78, 5) is 24.7. The van der Waals surface area contributed by atoms with Gasteiger partial charge in [-0.15, -0.1) is 0 Å². The quantitative estimate of drug-likeness (QED) is 0.356. The molecule has 0 bridgehead atoms. The highest BCUT2D eigenvalue weighted by Crippen LogP contribution is 2.47. The van der Waals surface area contributed by atoms with Crippen LogP contribution in [0.2, 0.25) is 0 Å². The summed E-state index contributed by atoms with van der Waals surface area (Å²) in [5.41, 5.74) is 1.06. The van der Waals surface area contributed by atoms with Gasteiger partial charge in [-0.05, 0) is 25.6 Å². The number of nitrogens with zero attached hydrogens (tertiary/aromatic N) is 2. The zero-order valence-corrected chi connectivity index (χ0v) is 19.4. The molecule has 0 saturated carbocycles. The van der Waals surface area contributed by atoms with Gasteiger partial charge < -0.3 is 9.85 Å². The lowest BCUT2D eigenvalue weighted by atomic mass is 9.99. The maximum absolute atomic E-state index is 14.7. The van der Waals surface area contributed by atoms with E-state index in [0.717, 1.165) is 10.9 Å². The molecule has 3 aromatic rings. The summed E-state index contributed by atoms with van der Waals surface area (Å²) in [6, 6.07) is 11.8. The number of benzene rings is 2. The molecule has 1 saturated heterocycles. The topological polar surface area (TPSA) is 85.9 Å². The molecule has 2 aromatic carbocycles. The van der Waals surface area contributed by atoms with Gasteiger partial charge in [-0.2, -0.15) is 5.10 Å². The molecule has 168 valence electrons. The van der Waals surface area contributed by atoms with Crippen molar-refractivity contribution in [3.8, 4) is 0 Å². The van der Waals surface area contributed by atoms with Gasteiger partial charge in [0, 0.05) is 35.6 Å². The summed E-state index contributed by atoms with van der Waals surface area (Å²) in [5.74, 6) is -0.531. The molecular weight excluding hydrogens is 428 g/mol. The standard InChI is InChI=1S/C24H27FN3O3P/c1-24(2,3)23(30)32-12-10-28(31,11-13-32)21-15-16(8-9-19(21)25)14-20-17-6-4-5-7-18(17)22(29)27-26-20/h4-9,15H,10-14H2,1-3H3,(H,27,29). The van der Waals surface area contributed by atoms with Crippen LogP contribution in [-0.2, 0) is 11.2 Å². The first-order valence-corrected chi connectivity index (χ1v) is 12.4. The maximum Gasteiger partial charge on any atom is 0.272 e. The van der Waals surface area contributed by atoms with Crippen LogP contribution < -0.4 is 10.2 Å². The molecule has 0 amide bonds. The van der Waals surface area contributed by atoms with Crippen molar-refractivity contribution in [3.05, 3.63) is 75.1 Å². The van der Waals surface area contributed by atoms with Gasteiger partial charge in [0.25, 0.3) is 5.56 Å². The van der Waals surface area contributed by atoms with E-state index in [-0.39, 0.29) is 29.9 Å². The molecule has 2 heterocycles. The minimum Gasteiger partial charge on any atom is -0.627 e. The van der Waals surface area contributed by atoms with Gasteiger partial charge in [0.2, 0.25) is 0 Å². The Kier molecular flexibility index (Phi) is 6.01. The number of hydroxylamine groups is 2. The number of aromatic amines is 1. The number of hydrogen-bond donors (Lipinski definition) is 1. The first-order chi connectivity index (χ1) is 15.1. The van der Waals surface area contributed by atoms with E-state index in [1.54, 1.807) is 24.3 Å². The molecule has 0 aliphatic carbocycles. The van der Waals surface area contributed by atoms with Gasteiger partial charge in [0.1, 0.15) is 0 Å². The van der Waals surface area contributed by atoms with E-state index in [1.165, 1.54) is 6.07 Å². The van der Waals surface area contributed by atoms with E-state index in [9.17, 15) is 19.2 Å². The second-order valence-electron chi connectivity index (χ2n) is 9.39. The molecule has 0 unspecified atom stereocenters.